The number of nitrogens with zero attached hydrogens (tertiary/aromatic N) is 5. The average molecular weight is 613 g/mol. The van der Waals surface area contributed by atoms with Gasteiger partial charge in [-0.05, 0) is 60.8 Å². The highest BCUT2D eigenvalue weighted by Gasteiger charge is 2.30. The second-order valence-electron chi connectivity index (χ2n) is 12.8. The maximum Gasteiger partial charge on any atom is 0.320 e. The Morgan fingerprint density at radius 3 is 2.47 bits per heavy atom. The van der Waals surface area contributed by atoms with Gasteiger partial charge in [-0.1, -0.05) is 45.0 Å². The summed E-state index contributed by atoms with van der Waals surface area (Å²) in [6.07, 6.45) is 9.67. The van der Waals surface area contributed by atoms with Crippen molar-refractivity contribution >= 4 is 29.2 Å². The molecule has 2 unspecified atom stereocenters. The lowest BCUT2D eigenvalue weighted by atomic mass is 9.85. The zero-order chi connectivity index (χ0) is 32.1. The Labute approximate surface area is 264 Å². The summed E-state index contributed by atoms with van der Waals surface area (Å²) >= 11 is 0. The number of pyridine rings is 1. The Bertz CT molecular complexity index is 1640. The number of urea groups is 1. The van der Waals surface area contributed by atoms with Gasteiger partial charge < -0.3 is 20.4 Å². The highest BCUT2D eigenvalue weighted by atomic mass is 16.5. The number of piperidine rings is 1. The topological polar surface area (TPSA) is 160 Å². The van der Waals surface area contributed by atoms with Crippen LogP contribution in [-0.4, -0.2) is 55.9 Å². The van der Waals surface area contributed by atoms with E-state index in [0.717, 1.165) is 37.1 Å². The van der Waals surface area contributed by atoms with Gasteiger partial charge in [0.25, 0.3) is 0 Å². The van der Waals surface area contributed by atoms with Crippen molar-refractivity contribution in [1.29, 1.82) is 16.2 Å². The largest absolute Gasteiger partial charge is 0.484 e. The predicted molar refractivity (Wildman–Crippen MR) is 174 cm³/mol. The second kappa shape index (κ2) is 13.5. The lowest BCUT2D eigenvalue weighted by molar-refractivity contribution is 0.171. The van der Waals surface area contributed by atoms with E-state index in [1.54, 1.807) is 47.0 Å². The number of benzene rings is 1. The lowest BCUT2D eigenvalue weighted by Crippen LogP contribution is -2.43. The average Bonchev–Trinajstić information content (AvgIpc) is 3.42. The Hall–Kier alpha value is -4.74. The number of fused-ring (bicyclic) bond motifs is 1. The predicted octanol–water partition coefficient (Wildman–Crippen LogP) is 5.41. The van der Waals surface area contributed by atoms with Crippen LogP contribution in [0.5, 0.6) is 5.75 Å². The Balaban J connectivity index is 1.30. The van der Waals surface area contributed by atoms with Crippen molar-refractivity contribution in [3.8, 4) is 5.75 Å². The molecule has 2 aliphatic rings. The molecule has 5 rings (SSSR count). The molecule has 12 heteroatoms. The summed E-state index contributed by atoms with van der Waals surface area (Å²) in [5, 5.41) is 35.8. The number of rotatable bonds is 6. The quantitative estimate of drug-likeness (QED) is 0.186. The summed E-state index contributed by atoms with van der Waals surface area (Å²) in [7, 11) is 1.80. The number of aromatic nitrogens is 3. The molecule has 0 bridgehead atoms. The van der Waals surface area contributed by atoms with Gasteiger partial charge in [0.05, 0.1) is 24.6 Å². The summed E-state index contributed by atoms with van der Waals surface area (Å²) in [4.78, 5) is 19.9. The number of likely N-dealkylation sites (tertiary alicyclic amines) is 1. The van der Waals surface area contributed by atoms with Crippen LogP contribution in [0.1, 0.15) is 82.6 Å². The first kappa shape index (κ1) is 31.7. The molecule has 1 saturated heterocycles. The number of ether oxygens (including phenoxy) is 1. The van der Waals surface area contributed by atoms with Crippen LogP contribution in [0.25, 0.3) is 0 Å². The van der Waals surface area contributed by atoms with Gasteiger partial charge in [-0.3, -0.25) is 25.4 Å². The number of aliphatic imine (C=N–C) groups is 1. The third-order valence-electron chi connectivity index (χ3n) is 8.29. The van der Waals surface area contributed by atoms with Gasteiger partial charge in [-0.15, -0.1) is 0 Å². The normalized spacial score (nSPS) is 18.6. The summed E-state index contributed by atoms with van der Waals surface area (Å²) in [5.74, 6) is 1.27. The third-order valence-corrected chi connectivity index (χ3v) is 8.29. The maximum atomic E-state index is 13.3. The zero-order valence-corrected chi connectivity index (χ0v) is 26.6. The number of amidine groups is 1. The number of hydrogen-bond acceptors (Lipinski definition) is 7. The molecule has 0 radical (unpaired) electrons. The number of aryl methyl sites for hydroxylation is 1. The first-order valence-corrected chi connectivity index (χ1v) is 15.6. The molecule has 3 heterocycles. The van der Waals surface area contributed by atoms with E-state index in [2.05, 4.69) is 20.7 Å². The van der Waals surface area contributed by atoms with Crippen LogP contribution in [0.3, 0.4) is 0 Å². The van der Waals surface area contributed by atoms with E-state index in [1.165, 1.54) is 6.42 Å². The minimum Gasteiger partial charge on any atom is -0.484 e. The van der Waals surface area contributed by atoms with Gasteiger partial charge in [0.1, 0.15) is 28.9 Å². The van der Waals surface area contributed by atoms with Crippen LogP contribution < -0.4 is 20.9 Å². The van der Waals surface area contributed by atoms with Crippen molar-refractivity contribution in [2.75, 3.05) is 13.1 Å². The van der Waals surface area contributed by atoms with Crippen molar-refractivity contribution in [2.24, 2.45) is 17.5 Å². The van der Waals surface area contributed by atoms with Gasteiger partial charge in [0, 0.05) is 32.3 Å². The molecule has 1 aliphatic carbocycles. The standard InChI is InChI=1S/C33H44N10O2/c1-33(2,3)28(34)18-30(38-22-19-37-41(4)20-22)40-32(44)39-26-13-14-27(25-11-7-6-10-24(25)26)45-23-12-15-29(35)43(21-23)31(36)42-16-8-5-9-17-42/h6-7,10-12,15,19-21,26-27,34-36H,5,8-9,13-14,16-18H2,1-4H3,(H2,38,39,40,44). The molecule has 12 nitrogen and oxygen atoms in total. The number of nitrogens with one attached hydrogen (secondary N) is 5. The molecular formula is C33H44N10O2. The molecule has 3 aromatic rings. The molecule has 2 amide bonds. The molecule has 45 heavy (non-hydrogen) atoms. The van der Waals surface area contributed by atoms with E-state index in [0.29, 0.717) is 41.8 Å². The van der Waals surface area contributed by atoms with Crippen molar-refractivity contribution in [3.05, 3.63) is 71.6 Å². The molecule has 5 N–H and O–H groups in total. The Kier molecular flexibility index (Phi) is 9.50. The molecule has 0 saturated carbocycles. The fourth-order valence-electron chi connectivity index (χ4n) is 5.66. The van der Waals surface area contributed by atoms with Crippen LogP contribution in [0.2, 0.25) is 0 Å². The van der Waals surface area contributed by atoms with Gasteiger partial charge in [0.2, 0.25) is 5.96 Å². The van der Waals surface area contributed by atoms with Crippen molar-refractivity contribution < 1.29 is 9.53 Å². The molecule has 2 atom stereocenters. The highest BCUT2D eigenvalue weighted by Crippen LogP contribution is 2.38. The summed E-state index contributed by atoms with van der Waals surface area (Å²) in [6, 6.07) is 10.8. The monoisotopic (exact) mass is 612 g/mol. The van der Waals surface area contributed by atoms with Crippen LogP contribution >= 0.6 is 0 Å². The first-order chi connectivity index (χ1) is 21.5. The van der Waals surface area contributed by atoms with Gasteiger partial charge in [0.15, 0.2) is 0 Å². The molecule has 2 aromatic heterocycles. The van der Waals surface area contributed by atoms with Crippen molar-refractivity contribution in [3.63, 3.8) is 0 Å². The van der Waals surface area contributed by atoms with E-state index in [1.807, 2.05) is 49.9 Å². The summed E-state index contributed by atoms with van der Waals surface area (Å²) in [5.41, 5.74) is 2.90. The third kappa shape index (κ3) is 7.86. The van der Waals surface area contributed by atoms with E-state index < -0.39 is 0 Å². The summed E-state index contributed by atoms with van der Waals surface area (Å²) in [6.45, 7) is 7.55. The Morgan fingerprint density at radius 2 is 1.78 bits per heavy atom. The molecule has 1 fully saturated rings. The van der Waals surface area contributed by atoms with Gasteiger partial charge >= 0.3 is 6.03 Å². The van der Waals surface area contributed by atoms with E-state index in [-0.39, 0.29) is 35.5 Å². The smallest absolute Gasteiger partial charge is 0.320 e. The number of hydrogen-bond donors (Lipinski definition) is 5. The summed E-state index contributed by atoms with van der Waals surface area (Å²) < 4.78 is 9.70. The molecule has 1 aromatic carbocycles. The van der Waals surface area contributed by atoms with Gasteiger partial charge in [-0.2, -0.15) is 5.10 Å². The minimum atomic E-state index is -0.387. The molecule has 238 valence electrons. The maximum absolute atomic E-state index is 13.3. The van der Waals surface area contributed by atoms with Crippen molar-refractivity contribution in [1.82, 2.24) is 29.9 Å². The van der Waals surface area contributed by atoms with Crippen LogP contribution in [-0.2, 0) is 7.05 Å². The van der Waals surface area contributed by atoms with Crippen LogP contribution in [0, 0.1) is 21.6 Å². The molecular weight excluding hydrogens is 568 g/mol. The highest BCUT2D eigenvalue weighted by molar-refractivity contribution is 6.09. The van der Waals surface area contributed by atoms with Gasteiger partial charge in [-0.25, -0.2) is 9.79 Å². The molecule has 1 aliphatic heterocycles. The van der Waals surface area contributed by atoms with Crippen LogP contribution in [0.15, 0.2) is 60.0 Å². The SMILES string of the molecule is Cn1cc(N=C(CC(=N)C(C)(C)C)NC(=O)NC2CCC(Oc3ccc(=N)n(C(=N)N4CCCCC4)c3)c3ccccc32)cn1. The number of carbonyl (C=O) groups excluding carboxylic acids is 1. The lowest BCUT2D eigenvalue weighted by Gasteiger charge is -2.33. The van der Waals surface area contributed by atoms with E-state index in [4.69, 9.17) is 21.0 Å². The van der Waals surface area contributed by atoms with Crippen molar-refractivity contribution in [2.45, 2.75) is 71.4 Å². The van der Waals surface area contributed by atoms with E-state index >= 15 is 0 Å². The molecule has 0 spiro atoms. The Morgan fingerprint density at radius 1 is 1.04 bits per heavy atom. The first-order valence-electron chi connectivity index (χ1n) is 15.6. The fraction of sp³-hybridized carbons (Fsp3) is 0.455. The number of amides is 2. The fourth-order valence-corrected chi connectivity index (χ4v) is 5.66. The minimum absolute atomic E-state index is 0.204. The zero-order valence-electron chi connectivity index (χ0n) is 26.6. The number of carbonyl (C=O) groups is 1. The van der Waals surface area contributed by atoms with E-state index in [9.17, 15) is 4.79 Å². The van der Waals surface area contributed by atoms with Crippen LogP contribution in [0.4, 0.5) is 10.5 Å². The second-order valence-corrected chi connectivity index (χ2v) is 12.8.